The molecule has 0 atom stereocenters. The number of amides is 1. The van der Waals surface area contributed by atoms with Gasteiger partial charge in [0.15, 0.2) is 0 Å². The van der Waals surface area contributed by atoms with E-state index in [-0.39, 0.29) is 19.1 Å². The Balaban J connectivity index is 1.63. The molecule has 0 unspecified atom stereocenters. The number of para-hydroxylation sites is 1. The number of anilines is 1. The molecule has 1 amide bonds. The highest BCUT2D eigenvalue weighted by Crippen LogP contribution is 2.31. The third kappa shape index (κ3) is 4.29. The Bertz CT molecular complexity index is 1420. The molecule has 4 aromatic carbocycles. The van der Waals surface area contributed by atoms with E-state index in [4.69, 9.17) is 9.97 Å². The molecule has 166 valence electrons. The zero-order valence-electron chi connectivity index (χ0n) is 18.5. The number of carbonyl (C=O) groups is 1. The number of benzene rings is 4. The van der Waals surface area contributed by atoms with Gasteiger partial charge in [-0.05, 0) is 30.3 Å². The minimum atomic E-state index is -0.197. The Morgan fingerprint density at radius 1 is 0.676 bits per heavy atom. The van der Waals surface area contributed by atoms with Crippen LogP contribution >= 0.6 is 0 Å². The first kappa shape index (κ1) is 21.5. The largest absolute Gasteiger partial charge is 0.395 e. The summed E-state index contributed by atoms with van der Waals surface area (Å²) in [5, 5.41) is 9.55. The molecule has 1 heterocycles. The fraction of sp³-hybridized carbons (Fsp3) is 0.0690. The highest BCUT2D eigenvalue weighted by molar-refractivity contribution is 6.07. The summed E-state index contributed by atoms with van der Waals surface area (Å²) >= 11 is 0. The van der Waals surface area contributed by atoms with Crippen LogP contribution in [0, 0.1) is 0 Å². The van der Waals surface area contributed by atoms with Crippen LogP contribution in [-0.2, 0) is 0 Å². The molecule has 0 saturated carbocycles. The second kappa shape index (κ2) is 9.65. The summed E-state index contributed by atoms with van der Waals surface area (Å²) in [5.74, 6) is -0.197. The number of hydrogen-bond donors (Lipinski definition) is 1. The molecule has 0 radical (unpaired) electrons. The van der Waals surface area contributed by atoms with Crippen molar-refractivity contribution < 1.29 is 9.90 Å². The van der Waals surface area contributed by atoms with Gasteiger partial charge in [-0.3, -0.25) is 4.79 Å². The third-order valence-electron chi connectivity index (χ3n) is 5.64. The van der Waals surface area contributed by atoms with Gasteiger partial charge in [0.2, 0.25) is 0 Å². The SMILES string of the molecule is O=C(c1ccc2nc(-c3ccccc3)c(-c3ccccc3)nc2c1)N(CCO)c1ccccc1. The number of aliphatic hydroxyl groups is 1. The van der Waals surface area contributed by atoms with E-state index in [9.17, 15) is 9.90 Å². The van der Waals surface area contributed by atoms with Crippen molar-refractivity contribution in [2.75, 3.05) is 18.1 Å². The van der Waals surface area contributed by atoms with Crippen molar-refractivity contribution in [2.24, 2.45) is 0 Å². The summed E-state index contributed by atoms with van der Waals surface area (Å²) < 4.78 is 0. The molecule has 1 N–H and O–H groups in total. The Morgan fingerprint density at radius 3 is 1.76 bits per heavy atom. The lowest BCUT2D eigenvalue weighted by Gasteiger charge is -2.22. The molecule has 0 aliphatic heterocycles. The predicted molar refractivity (Wildman–Crippen MR) is 136 cm³/mol. The van der Waals surface area contributed by atoms with Gasteiger partial charge in [-0.15, -0.1) is 0 Å². The van der Waals surface area contributed by atoms with E-state index in [0.717, 1.165) is 28.2 Å². The smallest absolute Gasteiger partial charge is 0.258 e. The van der Waals surface area contributed by atoms with Crippen LogP contribution in [0.4, 0.5) is 5.69 Å². The van der Waals surface area contributed by atoms with E-state index in [0.29, 0.717) is 16.6 Å². The highest BCUT2D eigenvalue weighted by Gasteiger charge is 2.19. The van der Waals surface area contributed by atoms with Crippen LogP contribution in [0.1, 0.15) is 10.4 Å². The van der Waals surface area contributed by atoms with Gasteiger partial charge >= 0.3 is 0 Å². The van der Waals surface area contributed by atoms with Gasteiger partial charge in [0.05, 0.1) is 29.0 Å². The second-order valence-corrected chi connectivity index (χ2v) is 7.87. The van der Waals surface area contributed by atoms with Crippen LogP contribution in [0.25, 0.3) is 33.5 Å². The van der Waals surface area contributed by atoms with Crippen LogP contribution < -0.4 is 4.90 Å². The van der Waals surface area contributed by atoms with Gasteiger partial charge < -0.3 is 10.0 Å². The van der Waals surface area contributed by atoms with Crippen LogP contribution in [0.15, 0.2) is 109 Å². The molecular weight excluding hydrogens is 422 g/mol. The summed E-state index contributed by atoms with van der Waals surface area (Å²) in [7, 11) is 0. The van der Waals surface area contributed by atoms with Crippen LogP contribution in [-0.4, -0.2) is 34.1 Å². The van der Waals surface area contributed by atoms with Gasteiger partial charge in [0, 0.05) is 28.9 Å². The Labute approximate surface area is 198 Å². The second-order valence-electron chi connectivity index (χ2n) is 7.87. The number of carbonyl (C=O) groups excluding carboxylic acids is 1. The quantitative estimate of drug-likeness (QED) is 0.369. The van der Waals surface area contributed by atoms with Gasteiger partial charge in [-0.25, -0.2) is 9.97 Å². The maximum absolute atomic E-state index is 13.4. The summed E-state index contributed by atoms with van der Waals surface area (Å²) in [6.45, 7) is 0.0708. The Morgan fingerprint density at radius 2 is 1.21 bits per heavy atom. The summed E-state index contributed by atoms with van der Waals surface area (Å²) in [6.07, 6.45) is 0. The van der Waals surface area contributed by atoms with Gasteiger partial charge in [0.1, 0.15) is 0 Å². The molecule has 34 heavy (non-hydrogen) atoms. The van der Waals surface area contributed by atoms with Crippen molar-refractivity contribution >= 4 is 22.6 Å². The third-order valence-corrected chi connectivity index (χ3v) is 5.64. The number of aliphatic hydroxyl groups excluding tert-OH is 1. The molecule has 5 rings (SSSR count). The van der Waals surface area contributed by atoms with E-state index >= 15 is 0 Å². The van der Waals surface area contributed by atoms with Crippen molar-refractivity contribution in [3.05, 3.63) is 115 Å². The van der Waals surface area contributed by atoms with Crippen molar-refractivity contribution in [2.45, 2.75) is 0 Å². The molecule has 0 saturated heterocycles. The average molecular weight is 446 g/mol. The van der Waals surface area contributed by atoms with E-state index in [2.05, 4.69) is 0 Å². The summed E-state index contributed by atoms with van der Waals surface area (Å²) in [6, 6.07) is 34.6. The highest BCUT2D eigenvalue weighted by atomic mass is 16.3. The number of aromatic nitrogens is 2. The van der Waals surface area contributed by atoms with Crippen LogP contribution in [0.2, 0.25) is 0 Å². The fourth-order valence-corrected chi connectivity index (χ4v) is 3.99. The topological polar surface area (TPSA) is 66.3 Å². The molecule has 1 aromatic heterocycles. The lowest BCUT2D eigenvalue weighted by atomic mass is 10.0. The normalized spacial score (nSPS) is 10.9. The first-order valence-corrected chi connectivity index (χ1v) is 11.1. The molecule has 0 fully saturated rings. The summed E-state index contributed by atoms with van der Waals surface area (Å²) in [4.78, 5) is 24.9. The number of fused-ring (bicyclic) bond motifs is 1. The molecule has 5 heteroatoms. The minimum absolute atomic E-state index is 0.132. The van der Waals surface area contributed by atoms with Crippen molar-refractivity contribution in [1.29, 1.82) is 0 Å². The minimum Gasteiger partial charge on any atom is -0.395 e. The molecular formula is C29H23N3O2. The maximum Gasteiger partial charge on any atom is 0.258 e. The van der Waals surface area contributed by atoms with E-state index in [1.165, 1.54) is 0 Å². The average Bonchev–Trinajstić information content (AvgIpc) is 2.92. The van der Waals surface area contributed by atoms with Gasteiger partial charge in [0.25, 0.3) is 5.91 Å². The Hall–Kier alpha value is -4.35. The molecule has 0 spiro atoms. The lowest BCUT2D eigenvalue weighted by molar-refractivity contribution is 0.0981. The van der Waals surface area contributed by atoms with Gasteiger partial charge in [-0.1, -0.05) is 78.9 Å². The molecule has 5 aromatic rings. The van der Waals surface area contributed by atoms with Crippen molar-refractivity contribution in [3.63, 3.8) is 0 Å². The number of hydrogen-bond acceptors (Lipinski definition) is 4. The van der Waals surface area contributed by atoms with Crippen molar-refractivity contribution in [1.82, 2.24) is 9.97 Å². The first-order chi connectivity index (χ1) is 16.7. The standard InChI is InChI=1S/C29H23N3O2/c33-19-18-32(24-14-8-3-9-15-24)29(34)23-16-17-25-26(20-23)31-28(22-12-6-2-7-13-22)27(30-25)21-10-4-1-5-11-21/h1-17,20,33H,18-19H2. The lowest BCUT2D eigenvalue weighted by Crippen LogP contribution is -2.33. The maximum atomic E-state index is 13.4. The zero-order valence-corrected chi connectivity index (χ0v) is 18.5. The summed E-state index contributed by atoms with van der Waals surface area (Å²) in [5.41, 5.74) is 6.07. The van der Waals surface area contributed by atoms with E-state index < -0.39 is 0 Å². The van der Waals surface area contributed by atoms with Crippen LogP contribution in [0.3, 0.4) is 0 Å². The molecule has 0 aliphatic carbocycles. The van der Waals surface area contributed by atoms with E-state index in [1.807, 2.05) is 97.1 Å². The Kier molecular flexibility index (Phi) is 6.10. The molecule has 0 bridgehead atoms. The van der Waals surface area contributed by atoms with Crippen molar-refractivity contribution in [3.8, 4) is 22.5 Å². The van der Waals surface area contributed by atoms with Crippen LogP contribution in [0.5, 0.6) is 0 Å². The first-order valence-electron chi connectivity index (χ1n) is 11.1. The van der Waals surface area contributed by atoms with E-state index in [1.54, 1.807) is 17.0 Å². The zero-order chi connectivity index (χ0) is 23.3. The van der Waals surface area contributed by atoms with Gasteiger partial charge in [-0.2, -0.15) is 0 Å². The molecule has 5 nitrogen and oxygen atoms in total. The number of nitrogens with zero attached hydrogens (tertiary/aromatic N) is 3. The fourth-order valence-electron chi connectivity index (χ4n) is 3.99. The predicted octanol–water partition coefficient (Wildman–Crippen LogP) is 5.60. The molecule has 0 aliphatic rings. The number of rotatable bonds is 6. The monoisotopic (exact) mass is 445 g/mol.